The molecule has 0 fully saturated rings. The summed E-state index contributed by atoms with van der Waals surface area (Å²) < 4.78 is 56.2. The van der Waals surface area contributed by atoms with Gasteiger partial charge in [0.2, 0.25) is 5.88 Å². The molecule has 0 bridgehead atoms. The smallest absolute Gasteiger partial charge is 0.414 e. The van der Waals surface area contributed by atoms with Crippen molar-refractivity contribution in [3.8, 4) is 5.75 Å². The molecule has 1 aromatic carbocycles. The first kappa shape index (κ1) is 21.6. The Morgan fingerprint density at radius 3 is 2.59 bits per heavy atom. The predicted octanol–water partition coefficient (Wildman–Crippen LogP) is 4.93. The van der Waals surface area contributed by atoms with Crippen molar-refractivity contribution in [2.75, 3.05) is 13.1 Å². The average Bonchev–Trinajstić information content (AvgIpc) is 2.56. The molecule has 0 spiro atoms. The predicted molar refractivity (Wildman–Crippen MR) is 97.1 cm³/mol. The van der Waals surface area contributed by atoms with Crippen LogP contribution >= 0.6 is 30.0 Å². The summed E-state index contributed by atoms with van der Waals surface area (Å²) in [5.74, 6) is -0.00623. The summed E-state index contributed by atoms with van der Waals surface area (Å²) in [5.41, 5.74) is -1.25. The first-order valence-electron chi connectivity index (χ1n) is 7.63. The Balaban J connectivity index is 2.44. The number of halogens is 5. The zero-order chi connectivity index (χ0) is 20.4. The number of nitro benzene ring substituents is 1. The molecule has 0 saturated carbocycles. The minimum absolute atomic E-state index is 0.0210. The minimum Gasteiger partial charge on any atom is -0.440 e. The van der Waals surface area contributed by atoms with Crippen molar-refractivity contribution in [3.63, 3.8) is 0 Å². The first-order valence-corrected chi connectivity index (χ1v) is 10.4. The van der Waals surface area contributed by atoms with Gasteiger partial charge in [-0.2, -0.15) is 13.2 Å². The van der Waals surface area contributed by atoms with Crippen molar-refractivity contribution in [2.45, 2.75) is 19.5 Å². The number of nitro groups is 1. The third kappa shape index (κ3) is 5.18. The van der Waals surface area contributed by atoms with Gasteiger partial charge in [0, 0.05) is 12.6 Å². The monoisotopic (exact) mass is 444 g/mol. The molecule has 12 heteroatoms. The molecular weight excluding hydrogens is 431 g/mol. The Hall–Kier alpha value is -1.70. The second kappa shape index (κ2) is 8.54. The lowest BCUT2D eigenvalue weighted by Gasteiger charge is -2.32. The molecule has 0 saturated heterocycles. The zero-order valence-electron chi connectivity index (χ0n) is 13.8. The highest BCUT2D eigenvalue weighted by Gasteiger charge is 2.38. The molecule has 6 nitrogen and oxygen atoms in total. The lowest BCUT2D eigenvalue weighted by Crippen LogP contribution is -2.35. The number of hydrogen-bond donors (Lipinski definition) is 0. The van der Waals surface area contributed by atoms with E-state index >= 15 is 0 Å². The van der Waals surface area contributed by atoms with E-state index < -0.39 is 36.1 Å². The van der Waals surface area contributed by atoms with Gasteiger partial charge in [-0.1, -0.05) is 29.8 Å². The number of alkyl halides is 3. The lowest BCUT2D eigenvalue weighted by molar-refractivity contribution is -0.383. The van der Waals surface area contributed by atoms with Crippen LogP contribution in [-0.2, 0) is 4.57 Å². The third-order valence-electron chi connectivity index (χ3n) is 3.60. The molecule has 2 rings (SSSR count). The van der Waals surface area contributed by atoms with Crippen molar-refractivity contribution >= 4 is 41.0 Å². The Morgan fingerprint density at radius 1 is 1.41 bits per heavy atom. The van der Waals surface area contributed by atoms with Crippen molar-refractivity contribution in [1.82, 2.24) is 4.90 Å². The van der Waals surface area contributed by atoms with Gasteiger partial charge in [-0.3, -0.25) is 10.1 Å². The number of hydrogen-bond acceptors (Lipinski definition) is 5. The van der Waals surface area contributed by atoms with E-state index in [0.717, 1.165) is 18.2 Å². The molecule has 1 unspecified atom stereocenters. The molecule has 27 heavy (non-hydrogen) atoms. The molecule has 1 heterocycles. The fraction of sp³-hybridized carbons (Fsp3) is 0.333. The summed E-state index contributed by atoms with van der Waals surface area (Å²) in [5, 5.41) is 10.5. The molecule has 1 atom stereocenters. The van der Waals surface area contributed by atoms with Crippen LogP contribution in [0.15, 0.2) is 40.8 Å². The molecule has 1 aliphatic heterocycles. The Labute approximate surface area is 162 Å². The Bertz CT molecular complexity index is 843. The van der Waals surface area contributed by atoms with Crippen LogP contribution in [0, 0.1) is 10.1 Å². The highest BCUT2D eigenvalue weighted by molar-refractivity contribution is 7.80. The standard InChI is InChI=1S/C15H14Cl2F3N2O4P/c1-2-5-21-8-9(15(18,19)20)6-11(16)14(21)26-10-3-4-12(22(23)24)13(7-10)27(17)25/h3-4,6-7,27H,2,5,8H2,1H3. The van der Waals surface area contributed by atoms with Gasteiger partial charge in [-0.15, -0.1) is 0 Å². The van der Waals surface area contributed by atoms with Crippen LogP contribution in [0.1, 0.15) is 13.3 Å². The quantitative estimate of drug-likeness (QED) is 0.353. The number of benzene rings is 1. The van der Waals surface area contributed by atoms with Crippen LogP contribution in [0.2, 0.25) is 0 Å². The van der Waals surface area contributed by atoms with Gasteiger partial charge in [-0.25, -0.2) is 0 Å². The molecule has 1 aliphatic rings. The molecule has 1 aromatic rings. The van der Waals surface area contributed by atoms with E-state index in [0.29, 0.717) is 6.42 Å². The van der Waals surface area contributed by atoms with Gasteiger partial charge in [0.1, 0.15) is 16.1 Å². The van der Waals surface area contributed by atoms with E-state index in [2.05, 4.69) is 0 Å². The summed E-state index contributed by atoms with van der Waals surface area (Å²) >= 11 is 11.5. The second-order valence-corrected chi connectivity index (χ2v) is 8.08. The summed E-state index contributed by atoms with van der Waals surface area (Å²) in [6.07, 6.45) is -3.22. The van der Waals surface area contributed by atoms with Crippen molar-refractivity contribution in [1.29, 1.82) is 0 Å². The van der Waals surface area contributed by atoms with Gasteiger partial charge in [0.15, 0.2) is 7.15 Å². The number of ether oxygens (including phenoxy) is 1. The van der Waals surface area contributed by atoms with Gasteiger partial charge in [0.05, 0.1) is 17.0 Å². The maximum absolute atomic E-state index is 13.0. The number of nitrogens with zero attached hydrogens (tertiary/aromatic N) is 2. The maximum atomic E-state index is 13.0. The minimum atomic E-state index is -4.53. The average molecular weight is 445 g/mol. The zero-order valence-corrected chi connectivity index (χ0v) is 16.4. The van der Waals surface area contributed by atoms with E-state index in [1.807, 2.05) is 0 Å². The topological polar surface area (TPSA) is 72.7 Å². The van der Waals surface area contributed by atoms with Gasteiger partial charge in [-0.05, 0) is 24.6 Å². The summed E-state index contributed by atoms with van der Waals surface area (Å²) in [4.78, 5) is 11.6. The van der Waals surface area contributed by atoms with Gasteiger partial charge < -0.3 is 14.2 Å². The van der Waals surface area contributed by atoms with E-state index in [4.69, 9.17) is 27.6 Å². The summed E-state index contributed by atoms with van der Waals surface area (Å²) in [6.45, 7) is 1.57. The number of allylic oxidation sites excluding steroid dienone is 2. The largest absolute Gasteiger partial charge is 0.440 e. The van der Waals surface area contributed by atoms with E-state index in [1.165, 1.54) is 11.0 Å². The van der Waals surface area contributed by atoms with E-state index in [1.54, 1.807) is 6.92 Å². The highest BCUT2D eigenvalue weighted by Crippen LogP contribution is 2.36. The van der Waals surface area contributed by atoms with Gasteiger partial charge in [0.25, 0.3) is 5.69 Å². The lowest BCUT2D eigenvalue weighted by atomic mass is 10.1. The SMILES string of the molecule is CCCN1CC(C(F)(F)F)=CC(Cl)=C1Oc1ccc([N+](=O)[O-])c([PH](=O)Cl)c1. The Morgan fingerprint density at radius 2 is 2.07 bits per heavy atom. The molecule has 0 N–H and O–H groups in total. The maximum Gasteiger partial charge on any atom is 0.414 e. The molecule has 0 amide bonds. The van der Waals surface area contributed by atoms with Crippen LogP contribution in [-0.4, -0.2) is 29.1 Å². The summed E-state index contributed by atoms with van der Waals surface area (Å²) in [7, 11) is -2.94. The van der Waals surface area contributed by atoms with Crippen molar-refractivity contribution in [3.05, 3.63) is 50.9 Å². The molecular formula is C15H14Cl2F3N2O4P. The fourth-order valence-corrected chi connectivity index (χ4v) is 3.81. The van der Waals surface area contributed by atoms with Gasteiger partial charge >= 0.3 is 6.18 Å². The van der Waals surface area contributed by atoms with E-state index in [9.17, 15) is 27.9 Å². The normalized spacial score (nSPS) is 16.2. The van der Waals surface area contributed by atoms with Crippen LogP contribution in [0.4, 0.5) is 18.9 Å². The second-order valence-electron chi connectivity index (χ2n) is 5.55. The molecule has 0 aliphatic carbocycles. The van der Waals surface area contributed by atoms with Crippen LogP contribution in [0.25, 0.3) is 0 Å². The number of rotatable bonds is 6. The van der Waals surface area contributed by atoms with Crippen LogP contribution in [0.5, 0.6) is 5.75 Å². The fourth-order valence-electron chi connectivity index (χ4n) is 2.43. The third-order valence-corrected chi connectivity index (χ3v) is 5.31. The van der Waals surface area contributed by atoms with Crippen LogP contribution in [0.3, 0.4) is 0 Å². The summed E-state index contributed by atoms with van der Waals surface area (Å²) in [6, 6.07) is 3.42. The molecule has 148 valence electrons. The van der Waals surface area contributed by atoms with E-state index in [-0.39, 0.29) is 28.5 Å². The Kier molecular flexibility index (Phi) is 6.83. The van der Waals surface area contributed by atoms with Crippen molar-refractivity contribution < 1.29 is 27.4 Å². The molecule has 0 aromatic heterocycles. The van der Waals surface area contributed by atoms with Crippen molar-refractivity contribution in [2.24, 2.45) is 0 Å². The highest BCUT2D eigenvalue weighted by atomic mass is 35.7. The van der Waals surface area contributed by atoms with Crippen LogP contribution < -0.4 is 10.0 Å². The first-order chi connectivity index (χ1) is 12.5. The molecule has 0 radical (unpaired) electrons.